The minimum Gasteiger partial charge on any atom is -0.508 e. The molecule has 44 heavy (non-hydrogen) atoms. The highest BCUT2D eigenvalue weighted by Gasteiger charge is 2.32. The third-order valence-corrected chi connectivity index (χ3v) is 7.74. The van der Waals surface area contributed by atoms with Crippen molar-refractivity contribution in [3.63, 3.8) is 0 Å². The Bertz CT molecular complexity index is 1530. The first-order valence-corrected chi connectivity index (χ1v) is 14.9. The lowest BCUT2D eigenvalue weighted by molar-refractivity contribution is -0.245. The van der Waals surface area contributed by atoms with Crippen LogP contribution < -0.4 is 10.6 Å². The first kappa shape index (κ1) is 30.9. The van der Waals surface area contributed by atoms with E-state index in [0.717, 1.165) is 16.7 Å². The topological polar surface area (TPSA) is 170 Å². The van der Waals surface area contributed by atoms with E-state index in [9.17, 15) is 19.8 Å². The molecule has 0 aliphatic carbocycles. The van der Waals surface area contributed by atoms with Crippen LogP contribution in [0.25, 0.3) is 5.69 Å². The lowest BCUT2D eigenvalue weighted by Gasteiger charge is -2.36. The number of thioether (sulfide) groups is 1. The lowest BCUT2D eigenvalue weighted by atomic mass is 10.0. The van der Waals surface area contributed by atoms with E-state index in [4.69, 9.17) is 14.2 Å². The predicted octanol–water partition coefficient (Wildman–Crippen LogP) is 3.88. The van der Waals surface area contributed by atoms with Crippen LogP contribution >= 0.6 is 11.8 Å². The molecule has 0 radical (unpaired) electrons. The molecular weight excluding hydrogens is 588 g/mol. The van der Waals surface area contributed by atoms with Gasteiger partial charge < -0.3 is 35.1 Å². The summed E-state index contributed by atoms with van der Waals surface area (Å²) in [6, 6.07) is 20.7. The number of amides is 2. The first-order chi connectivity index (χ1) is 21.4. The number of phenols is 1. The smallest absolute Gasteiger partial charge is 0.325 e. The zero-order valence-corrected chi connectivity index (χ0v) is 24.6. The number of aromatic nitrogens is 4. The van der Waals surface area contributed by atoms with Crippen molar-refractivity contribution in [2.24, 2.45) is 0 Å². The minimum absolute atomic E-state index is 0.0478. The number of nitrogens with one attached hydrogen (secondary N) is 2. The van der Waals surface area contributed by atoms with E-state index in [1.165, 1.54) is 11.8 Å². The van der Waals surface area contributed by atoms with Crippen molar-refractivity contribution in [3.8, 4) is 11.4 Å². The maximum absolute atomic E-state index is 12.2. The van der Waals surface area contributed by atoms with Crippen LogP contribution in [0.2, 0.25) is 0 Å². The molecule has 0 bridgehead atoms. The van der Waals surface area contributed by atoms with E-state index in [0.29, 0.717) is 28.7 Å². The van der Waals surface area contributed by atoms with Gasteiger partial charge in [0.2, 0.25) is 5.16 Å². The summed E-state index contributed by atoms with van der Waals surface area (Å²) in [5, 5.41) is 36.9. The maximum Gasteiger partial charge on any atom is 0.325 e. The van der Waals surface area contributed by atoms with Gasteiger partial charge in [0, 0.05) is 23.4 Å². The van der Waals surface area contributed by atoms with E-state index in [-0.39, 0.29) is 37.7 Å². The number of carbonyl (C=O) groups is 2. The van der Waals surface area contributed by atoms with Crippen LogP contribution in [-0.2, 0) is 25.6 Å². The lowest BCUT2D eigenvalue weighted by Crippen LogP contribution is -2.34. The Balaban J connectivity index is 1.28. The SMILES string of the molecule is CCOC(=O)CNC(=O)Nc1ccc([C@H]2O[C@@H](CSc3nnnn3-c3ccc(O)cc3)C[C@@H](c3ccc(CO)cc3)O2)cc1. The number of esters is 1. The van der Waals surface area contributed by atoms with E-state index in [2.05, 4.69) is 26.2 Å². The number of tetrazole rings is 1. The van der Waals surface area contributed by atoms with Crippen LogP contribution in [0.15, 0.2) is 78.0 Å². The van der Waals surface area contributed by atoms with E-state index >= 15 is 0 Å². The zero-order chi connectivity index (χ0) is 30.9. The fourth-order valence-electron chi connectivity index (χ4n) is 4.48. The third kappa shape index (κ3) is 8.11. The fraction of sp³-hybridized carbons (Fsp3) is 0.300. The number of aliphatic hydroxyl groups is 1. The molecule has 4 aromatic rings. The summed E-state index contributed by atoms with van der Waals surface area (Å²) in [6.45, 7) is 1.65. The van der Waals surface area contributed by atoms with E-state index < -0.39 is 18.3 Å². The summed E-state index contributed by atoms with van der Waals surface area (Å²) < 4.78 is 19.2. The normalized spacial score (nSPS) is 18.0. The molecule has 1 fully saturated rings. The molecule has 230 valence electrons. The number of phenolic OH excluding ortho intramolecular Hbond substituents is 1. The number of hydrogen-bond acceptors (Lipinski definition) is 11. The minimum atomic E-state index is -0.698. The number of anilines is 1. The molecule has 3 atom stereocenters. The summed E-state index contributed by atoms with van der Waals surface area (Å²) in [6.07, 6.45) is -0.649. The standard InChI is InChI=1S/C30H32N6O7S/c1-2-41-27(39)16-31-29(40)32-22-9-7-21(8-10-22)28-42-25(15-26(43-28)20-5-3-19(17-37)4-6-20)18-44-30-33-34-35-36(30)23-11-13-24(38)14-12-23/h3-14,25-26,28,37-38H,2,15-18H2,1H3,(H2,31,32,40)/t25-,26+,28+/m1/s1. The molecule has 14 heteroatoms. The number of ether oxygens (including phenoxy) is 3. The molecule has 1 aromatic heterocycles. The average molecular weight is 621 g/mol. The molecule has 0 saturated carbocycles. The highest BCUT2D eigenvalue weighted by molar-refractivity contribution is 7.99. The van der Waals surface area contributed by atoms with Gasteiger partial charge in [-0.25, -0.2) is 4.79 Å². The first-order valence-electron chi connectivity index (χ1n) is 13.9. The Hall–Kier alpha value is -4.50. The monoisotopic (exact) mass is 620 g/mol. The summed E-state index contributed by atoms with van der Waals surface area (Å²) >= 11 is 1.44. The summed E-state index contributed by atoms with van der Waals surface area (Å²) in [7, 11) is 0. The van der Waals surface area contributed by atoms with Crippen molar-refractivity contribution in [3.05, 3.63) is 89.5 Å². The van der Waals surface area contributed by atoms with Crippen LogP contribution in [0.4, 0.5) is 10.5 Å². The van der Waals surface area contributed by atoms with Crippen LogP contribution in [0.3, 0.4) is 0 Å². The number of carbonyl (C=O) groups excluding carboxylic acids is 2. The molecule has 0 unspecified atom stereocenters. The Kier molecular flexibility index (Phi) is 10.4. The van der Waals surface area contributed by atoms with Gasteiger partial charge in [0.25, 0.3) is 0 Å². The van der Waals surface area contributed by atoms with Gasteiger partial charge in [-0.15, -0.1) is 5.10 Å². The Morgan fingerprint density at radius 1 is 1.02 bits per heavy atom. The Morgan fingerprint density at radius 3 is 2.45 bits per heavy atom. The number of aliphatic hydroxyl groups excluding tert-OH is 1. The number of urea groups is 1. The molecule has 1 aliphatic rings. The fourth-order valence-corrected chi connectivity index (χ4v) is 5.39. The number of hydrogen-bond donors (Lipinski definition) is 4. The van der Waals surface area contributed by atoms with Gasteiger partial charge in [-0.1, -0.05) is 48.2 Å². The number of aromatic hydroxyl groups is 1. The average Bonchev–Trinajstić information content (AvgIpc) is 3.52. The molecule has 4 N–H and O–H groups in total. The predicted molar refractivity (Wildman–Crippen MR) is 160 cm³/mol. The summed E-state index contributed by atoms with van der Waals surface area (Å²) in [5.41, 5.74) is 3.75. The van der Waals surface area contributed by atoms with Crippen molar-refractivity contribution in [1.82, 2.24) is 25.5 Å². The second-order valence-electron chi connectivity index (χ2n) is 9.79. The van der Waals surface area contributed by atoms with Crippen molar-refractivity contribution in [2.45, 2.75) is 43.6 Å². The molecular formula is C30H32N6O7S. The molecule has 13 nitrogen and oxygen atoms in total. The van der Waals surface area contributed by atoms with Gasteiger partial charge in [0.15, 0.2) is 6.29 Å². The number of rotatable bonds is 11. The van der Waals surface area contributed by atoms with Crippen LogP contribution in [-0.4, -0.2) is 67.4 Å². The molecule has 2 heterocycles. The van der Waals surface area contributed by atoms with Gasteiger partial charge in [0.1, 0.15) is 12.3 Å². The van der Waals surface area contributed by atoms with Gasteiger partial charge in [0.05, 0.1) is 31.1 Å². The van der Waals surface area contributed by atoms with Crippen molar-refractivity contribution < 1.29 is 34.0 Å². The largest absolute Gasteiger partial charge is 0.508 e. The molecule has 5 rings (SSSR count). The third-order valence-electron chi connectivity index (χ3n) is 6.69. The van der Waals surface area contributed by atoms with Crippen molar-refractivity contribution >= 4 is 29.4 Å². The molecule has 2 amide bonds. The van der Waals surface area contributed by atoms with Gasteiger partial charge in [-0.2, -0.15) is 4.68 Å². The summed E-state index contributed by atoms with van der Waals surface area (Å²) in [4.78, 5) is 23.7. The highest BCUT2D eigenvalue weighted by Crippen LogP contribution is 2.39. The highest BCUT2D eigenvalue weighted by atomic mass is 32.2. The van der Waals surface area contributed by atoms with Gasteiger partial charge in [-0.3, -0.25) is 4.79 Å². The summed E-state index contributed by atoms with van der Waals surface area (Å²) in [5.74, 6) is 0.163. The zero-order valence-electron chi connectivity index (χ0n) is 23.8. The maximum atomic E-state index is 12.2. The quantitative estimate of drug-likeness (QED) is 0.142. The number of nitrogens with zero attached hydrogens (tertiary/aromatic N) is 4. The Labute approximate surface area is 257 Å². The van der Waals surface area contributed by atoms with Crippen LogP contribution in [0.5, 0.6) is 5.75 Å². The molecule has 1 aliphatic heterocycles. The van der Waals surface area contributed by atoms with Crippen LogP contribution in [0.1, 0.15) is 42.4 Å². The molecule has 3 aromatic carbocycles. The second-order valence-corrected chi connectivity index (χ2v) is 10.8. The molecule has 0 spiro atoms. The van der Waals surface area contributed by atoms with Crippen molar-refractivity contribution in [2.75, 3.05) is 24.2 Å². The van der Waals surface area contributed by atoms with Gasteiger partial charge >= 0.3 is 12.0 Å². The van der Waals surface area contributed by atoms with E-state index in [1.54, 1.807) is 60.1 Å². The van der Waals surface area contributed by atoms with Crippen molar-refractivity contribution in [1.29, 1.82) is 0 Å². The van der Waals surface area contributed by atoms with E-state index in [1.807, 2.05) is 24.3 Å². The van der Waals surface area contributed by atoms with Gasteiger partial charge in [-0.05, 0) is 64.9 Å². The van der Waals surface area contributed by atoms with Crippen LogP contribution in [0, 0.1) is 0 Å². The molecule has 1 saturated heterocycles. The second kappa shape index (κ2) is 14.8. The Morgan fingerprint density at radius 2 is 1.75 bits per heavy atom. The number of benzene rings is 3.